The molecule has 0 atom stereocenters. The van der Waals surface area contributed by atoms with Crippen LogP contribution in [-0.2, 0) is 5.33 Å². The summed E-state index contributed by atoms with van der Waals surface area (Å²) in [4.78, 5) is 0. The minimum absolute atomic E-state index is 0.714. The molecule has 0 aliphatic rings. The molecule has 0 saturated carbocycles. The van der Waals surface area contributed by atoms with Gasteiger partial charge in [-0.05, 0) is 33.6 Å². The summed E-state index contributed by atoms with van der Waals surface area (Å²) in [5.74, 6) is 0. The summed E-state index contributed by atoms with van der Waals surface area (Å²) in [6.45, 7) is 0. The molecule has 0 amide bonds. The van der Waals surface area contributed by atoms with Crippen LogP contribution in [0.15, 0.2) is 22.0 Å². The van der Waals surface area contributed by atoms with E-state index in [-0.39, 0.29) is 0 Å². The van der Waals surface area contributed by atoms with E-state index in [2.05, 4.69) is 43.3 Å². The standard InChI is InChI=1S/C10H5Br2NS/c11-3-7-1-6(4-13)2-8-9(12)5-14-10(7)8/h1-2,5H,3H2. The predicted molar refractivity (Wildman–Crippen MR) is 66.9 cm³/mol. The highest BCUT2D eigenvalue weighted by molar-refractivity contribution is 9.10. The van der Waals surface area contributed by atoms with Gasteiger partial charge in [0.1, 0.15) is 0 Å². The average molecular weight is 331 g/mol. The number of nitriles is 1. The Hall–Kier alpha value is -0.370. The molecule has 14 heavy (non-hydrogen) atoms. The number of hydrogen-bond acceptors (Lipinski definition) is 2. The van der Waals surface area contributed by atoms with Crippen LogP contribution in [-0.4, -0.2) is 0 Å². The number of thiophene rings is 1. The van der Waals surface area contributed by atoms with Crippen LogP contribution in [0.1, 0.15) is 11.1 Å². The Bertz CT molecular complexity index is 525. The molecule has 1 aromatic heterocycles. The summed E-state index contributed by atoms with van der Waals surface area (Å²) >= 11 is 8.61. The van der Waals surface area contributed by atoms with Crippen LogP contribution < -0.4 is 0 Å². The van der Waals surface area contributed by atoms with E-state index in [4.69, 9.17) is 5.26 Å². The summed E-state index contributed by atoms with van der Waals surface area (Å²) in [5, 5.41) is 12.8. The monoisotopic (exact) mass is 329 g/mol. The SMILES string of the molecule is N#Cc1cc(CBr)c2scc(Br)c2c1. The van der Waals surface area contributed by atoms with Gasteiger partial charge < -0.3 is 0 Å². The van der Waals surface area contributed by atoms with E-state index in [0.717, 1.165) is 15.2 Å². The molecule has 0 spiro atoms. The minimum Gasteiger partial charge on any atom is -0.192 e. The van der Waals surface area contributed by atoms with Crippen molar-refractivity contribution in [3.05, 3.63) is 33.1 Å². The smallest absolute Gasteiger partial charge is 0.0991 e. The lowest BCUT2D eigenvalue weighted by atomic mass is 10.1. The van der Waals surface area contributed by atoms with E-state index >= 15 is 0 Å². The number of rotatable bonds is 1. The lowest BCUT2D eigenvalue weighted by Gasteiger charge is -1.99. The number of alkyl halides is 1. The van der Waals surface area contributed by atoms with Gasteiger partial charge in [0.05, 0.1) is 11.6 Å². The Morgan fingerprint density at radius 1 is 1.43 bits per heavy atom. The molecule has 1 heterocycles. The van der Waals surface area contributed by atoms with Crippen LogP contribution >= 0.6 is 43.2 Å². The lowest BCUT2D eigenvalue weighted by molar-refractivity contribution is 1.45. The summed E-state index contributed by atoms with van der Waals surface area (Å²) in [7, 11) is 0. The van der Waals surface area contributed by atoms with Crippen molar-refractivity contribution in [2.75, 3.05) is 0 Å². The van der Waals surface area contributed by atoms with Crippen molar-refractivity contribution in [3.63, 3.8) is 0 Å². The maximum atomic E-state index is 8.87. The third kappa shape index (κ3) is 1.60. The van der Waals surface area contributed by atoms with Gasteiger partial charge >= 0.3 is 0 Å². The number of fused-ring (bicyclic) bond motifs is 1. The Morgan fingerprint density at radius 3 is 2.86 bits per heavy atom. The van der Waals surface area contributed by atoms with Crippen LogP contribution in [0.2, 0.25) is 0 Å². The van der Waals surface area contributed by atoms with Crippen molar-refractivity contribution in [2.45, 2.75) is 5.33 Å². The van der Waals surface area contributed by atoms with Crippen molar-refractivity contribution >= 4 is 53.3 Å². The summed E-state index contributed by atoms with van der Waals surface area (Å²) < 4.78 is 2.31. The maximum absolute atomic E-state index is 8.87. The van der Waals surface area contributed by atoms with Gasteiger partial charge in [-0.15, -0.1) is 11.3 Å². The molecule has 0 fully saturated rings. The molecule has 0 unspecified atom stereocenters. The average Bonchev–Trinajstić information content (AvgIpc) is 2.59. The molecule has 70 valence electrons. The largest absolute Gasteiger partial charge is 0.192 e. The third-order valence-corrected chi connectivity index (χ3v) is 4.61. The Balaban J connectivity index is 2.84. The molecule has 2 aromatic rings. The van der Waals surface area contributed by atoms with E-state index in [9.17, 15) is 0 Å². The quantitative estimate of drug-likeness (QED) is 0.709. The van der Waals surface area contributed by atoms with Gasteiger partial charge in [0.2, 0.25) is 0 Å². The first kappa shape index (κ1) is 10.2. The van der Waals surface area contributed by atoms with Crippen molar-refractivity contribution in [3.8, 4) is 6.07 Å². The fourth-order valence-electron chi connectivity index (χ4n) is 1.34. The van der Waals surface area contributed by atoms with E-state index in [1.54, 1.807) is 11.3 Å². The Morgan fingerprint density at radius 2 is 2.21 bits per heavy atom. The van der Waals surface area contributed by atoms with Gasteiger partial charge in [0.25, 0.3) is 0 Å². The first-order chi connectivity index (χ1) is 6.76. The zero-order chi connectivity index (χ0) is 10.1. The molecular weight excluding hydrogens is 326 g/mol. The van der Waals surface area contributed by atoms with Crippen LogP contribution in [0.4, 0.5) is 0 Å². The van der Waals surface area contributed by atoms with E-state index in [1.165, 1.54) is 10.3 Å². The molecule has 0 aliphatic heterocycles. The molecule has 0 bridgehead atoms. The highest BCUT2D eigenvalue weighted by Gasteiger charge is 2.07. The number of hydrogen-bond donors (Lipinski definition) is 0. The van der Waals surface area contributed by atoms with E-state index < -0.39 is 0 Å². The topological polar surface area (TPSA) is 23.8 Å². The fourth-order valence-corrected chi connectivity index (χ4v) is 3.62. The Kier molecular flexibility index (Phi) is 2.91. The van der Waals surface area contributed by atoms with Crippen molar-refractivity contribution in [1.29, 1.82) is 5.26 Å². The van der Waals surface area contributed by atoms with Gasteiger partial charge in [-0.25, -0.2) is 0 Å². The number of halogens is 2. The summed E-state index contributed by atoms with van der Waals surface area (Å²) in [6, 6.07) is 6.02. The Labute approximate surface area is 103 Å². The van der Waals surface area contributed by atoms with Gasteiger partial charge in [-0.2, -0.15) is 5.26 Å². The summed E-state index contributed by atoms with van der Waals surface area (Å²) in [5.41, 5.74) is 1.89. The zero-order valence-electron chi connectivity index (χ0n) is 7.05. The second kappa shape index (κ2) is 4.01. The van der Waals surface area contributed by atoms with Gasteiger partial charge in [0.15, 0.2) is 0 Å². The number of nitrogens with zero attached hydrogens (tertiary/aromatic N) is 1. The van der Waals surface area contributed by atoms with Gasteiger partial charge in [-0.1, -0.05) is 15.9 Å². The molecule has 0 radical (unpaired) electrons. The molecule has 0 aliphatic carbocycles. The molecule has 4 heteroatoms. The minimum atomic E-state index is 0.714. The molecule has 0 N–H and O–H groups in total. The summed E-state index contributed by atoms with van der Waals surface area (Å²) in [6.07, 6.45) is 0. The van der Waals surface area contributed by atoms with E-state index in [0.29, 0.717) is 5.56 Å². The molecule has 1 nitrogen and oxygen atoms in total. The maximum Gasteiger partial charge on any atom is 0.0991 e. The lowest BCUT2D eigenvalue weighted by Crippen LogP contribution is -1.81. The highest BCUT2D eigenvalue weighted by atomic mass is 79.9. The van der Waals surface area contributed by atoms with E-state index in [1.807, 2.05) is 12.1 Å². The molecule has 0 saturated heterocycles. The van der Waals surface area contributed by atoms with Crippen LogP contribution in [0.5, 0.6) is 0 Å². The van der Waals surface area contributed by atoms with Crippen LogP contribution in [0.3, 0.4) is 0 Å². The van der Waals surface area contributed by atoms with Crippen LogP contribution in [0.25, 0.3) is 10.1 Å². The first-order valence-corrected chi connectivity index (χ1v) is 6.71. The van der Waals surface area contributed by atoms with Crippen LogP contribution in [0, 0.1) is 11.3 Å². The molecule has 2 rings (SSSR count). The highest BCUT2D eigenvalue weighted by Crippen LogP contribution is 2.34. The van der Waals surface area contributed by atoms with Crippen molar-refractivity contribution in [1.82, 2.24) is 0 Å². The third-order valence-electron chi connectivity index (χ3n) is 1.98. The second-order valence-corrected chi connectivity index (χ2v) is 5.14. The molecular formula is C10H5Br2NS. The molecule has 1 aromatic carbocycles. The zero-order valence-corrected chi connectivity index (χ0v) is 11.0. The second-order valence-electron chi connectivity index (χ2n) is 2.84. The van der Waals surface area contributed by atoms with Crippen molar-refractivity contribution < 1.29 is 0 Å². The predicted octanol–water partition coefficient (Wildman–Crippen LogP) is 4.43. The number of benzene rings is 1. The van der Waals surface area contributed by atoms with Gasteiger partial charge in [0, 0.05) is 25.3 Å². The normalized spacial score (nSPS) is 10.4. The van der Waals surface area contributed by atoms with Crippen molar-refractivity contribution in [2.24, 2.45) is 0 Å². The van der Waals surface area contributed by atoms with Gasteiger partial charge in [-0.3, -0.25) is 0 Å². The first-order valence-electron chi connectivity index (χ1n) is 3.92. The fraction of sp³-hybridized carbons (Fsp3) is 0.100.